The fourth-order valence-corrected chi connectivity index (χ4v) is 2.92. The predicted molar refractivity (Wildman–Crippen MR) is 113 cm³/mol. The van der Waals surface area contributed by atoms with E-state index in [0.29, 0.717) is 18.4 Å². The number of unbranched alkanes of at least 4 members (excludes halogenated alkanes) is 5. The van der Waals surface area contributed by atoms with Crippen molar-refractivity contribution < 1.29 is 14.4 Å². The van der Waals surface area contributed by atoms with Gasteiger partial charge in [0, 0.05) is 6.42 Å². The molecule has 0 aliphatic rings. The van der Waals surface area contributed by atoms with Gasteiger partial charge < -0.3 is 15.4 Å². The minimum atomic E-state index is -0.639. The molecule has 0 aliphatic carbocycles. The van der Waals surface area contributed by atoms with Crippen LogP contribution in [0.2, 0.25) is 0 Å². The van der Waals surface area contributed by atoms with Crippen LogP contribution < -0.4 is 10.6 Å². The molecule has 0 saturated carbocycles. The molecule has 0 spiro atoms. The molecule has 0 heterocycles. The average molecular weight is 387 g/mol. The maximum Gasteiger partial charge on any atom is 0.268 e. The molecular formula is C23H34N2O3. The highest BCUT2D eigenvalue weighted by atomic mass is 16.2. The van der Waals surface area contributed by atoms with Gasteiger partial charge in [-0.05, 0) is 37.8 Å². The van der Waals surface area contributed by atoms with Crippen molar-refractivity contribution in [3.8, 4) is 0 Å². The van der Waals surface area contributed by atoms with Gasteiger partial charge in [0.2, 0.25) is 5.91 Å². The van der Waals surface area contributed by atoms with E-state index in [-0.39, 0.29) is 11.6 Å². The zero-order chi connectivity index (χ0) is 20.8. The Kier molecular flexibility index (Phi) is 11.5. The number of hydrogen-bond donors (Lipinski definition) is 2. The Morgan fingerprint density at radius 1 is 1.00 bits per heavy atom. The van der Waals surface area contributed by atoms with Crippen LogP contribution in [0.3, 0.4) is 0 Å². The summed E-state index contributed by atoms with van der Waals surface area (Å²) in [6.07, 6.45) is 8.15. The van der Waals surface area contributed by atoms with Crippen molar-refractivity contribution >= 4 is 18.1 Å². The molecule has 1 rings (SSSR count). The third-order valence-electron chi connectivity index (χ3n) is 4.53. The van der Waals surface area contributed by atoms with E-state index in [2.05, 4.69) is 17.6 Å². The molecule has 1 aromatic carbocycles. The van der Waals surface area contributed by atoms with E-state index >= 15 is 0 Å². The second-order valence-electron chi connectivity index (χ2n) is 7.35. The number of nitrogens with one attached hydrogen (secondary N) is 2. The molecule has 0 aromatic heterocycles. The number of carbonyl (C=O) groups excluding carboxylic acids is 3. The number of carbonyl (C=O) groups is 3. The van der Waals surface area contributed by atoms with Crippen LogP contribution in [0.5, 0.6) is 0 Å². The van der Waals surface area contributed by atoms with Gasteiger partial charge in [0.1, 0.15) is 12.0 Å². The van der Waals surface area contributed by atoms with Crippen molar-refractivity contribution in [2.24, 2.45) is 0 Å². The van der Waals surface area contributed by atoms with Crippen LogP contribution in [0, 0.1) is 0 Å². The first-order chi connectivity index (χ1) is 13.5. The highest BCUT2D eigenvalue weighted by Crippen LogP contribution is 2.08. The Balaban J connectivity index is 2.53. The van der Waals surface area contributed by atoms with Crippen molar-refractivity contribution in [2.75, 3.05) is 0 Å². The first-order valence-corrected chi connectivity index (χ1v) is 10.2. The highest BCUT2D eigenvalue weighted by molar-refractivity contribution is 5.99. The number of hydrogen-bond acceptors (Lipinski definition) is 3. The molecule has 1 aromatic rings. The molecule has 0 aliphatic heterocycles. The minimum absolute atomic E-state index is 0.160. The van der Waals surface area contributed by atoms with E-state index in [0.717, 1.165) is 31.1 Å². The molecule has 5 heteroatoms. The van der Waals surface area contributed by atoms with E-state index in [9.17, 15) is 14.4 Å². The summed E-state index contributed by atoms with van der Waals surface area (Å²) in [5.74, 6) is -0.586. The largest absolute Gasteiger partial charge is 0.341 e. The quantitative estimate of drug-likeness (QED) is 0.305. The number of aldehydes is 1. The zero-order valence-corrected chi connectivity index (χ0v) is 17.4. The highest BCUT2D eigenvalue weighted by Gasteiger charge is 2.18. The Labute approximate surface area is 169 Å². The molecule has 2 N–H and O–H groups in total. The zero-order valence-electron chi connectivity index (χ0n) is 17.4. The van der Waals surface area contributed by atoms with E-state index in [1.807, 2.05) is 30.3 Å². The van der Waals surface area contributed by atoms with Crippen molar-refractivity contribution in [3.63, 3.8) is 0 Å². The Bertz CT molecular complexity index is 649. The number of allylic oxidation sites excluding steroid dienone is 1. The third-order valence-corrected chi connectivity index (χ3v) is 4.53. The second-order valence-corrected chi connectivity index (χ2v) is 7.35. The van der Waals surface area contributed by atoms with Gasteiger partial charge in [-0.2, -0.15) is 0 Å². The molecule has 28 heavy (non-hydrogen) atoms. The van der Waals surface area contributed by atoms with Crippen LogP contribution in [0.25, 0.3) is 0 Å². The van der Waals surface area contributed by atoms with E-state index in [1.165, 1.54) is 19.3 Å². The summed E-state index contributed by atoms with van der Waals surface area (Å²) in [5.41, 5.74) is 1.90. The third kappa shape index (κ3) is 9.49. The van der Waals surface area contributed by atoms with Crippen LogP contribution in [0.15, 0.2) is 41.6 Å². The predicted octanol–water partition coefficient (Wildman–Crippen LogP) is 4.07. The van der Waals surface area contributed by atoms with Gasteiger partial charge >= 0.3 is 0 Å². The first-order valence-electron chi connectivity index (χ1n) is 10.2. The van der Waals surface area contributed by atoms with E-state index < -0.39 is 11.9 Å². The van der Waals surface area contributed by atoms with Gasteiger partial charge in [0.15, 0.2) is 0 Å². The smallest absolute Gasteiger partial charge is 0.268 e. The van der Waals surface area contributed by atoms with Gasteiger partial charge in [-0.1, -0.05) is 69.4 Å². The van der Waals surface area contributed by atoms with E-state index in [4.69, 9.17) is 0 Å². The summed E-state index contributed by atoms with van der Waals surface area (Å²) in [5, 5.41) is 5.44. The second kappa shape index (κ2) is 13.7. The summed E-state index contributed by atoms with van der Waals surface area (Å²) in [6.45, 7) is 5.72. The van der Waals surface area contributed by atoms with Crippen molar-refractivity contribution in [1.29, 1.82) is 0 Å². The van der Waals surface area contributed by atoms with Gasteiger partial charge in [0.05, 0.1) is 6.04 Å². The van der Waals surface area contributed by atoms with Crippen LogP contribution in [0.1, 0.15) is 71.3 Å². The maximum atomic E-state index is 12.6. The summed E-state index contributed by atoms with van der Waals surface area (Å²) in [7, 11) is 0. The monoisotopic (exact) mass is 386 g/mol. The Hall–Kier alpha value is -2.43. The van der Waals surface area contributed by atoms with Crippen molar-refractivity contribution in [2.45, 2.75) is 78.2 Å². The van der Waals surface area contributed by atoms with Crippen molar-refractivity contribution in [3.05, 3.63) is 47.2 Å². The topological polar surface area (TPSA) is 75.3 Å². The van der Waals surface area contributed by atoms with Gasteiger partial charge in [0.25, 0.3) is 5.91 Å². The van der Waals surface area contributed by atoms with Crippen LogP contribution in [-0.4, -0.2) is 24.1 Å². The first kappa shape index (κ1) is 23.6. The molecule has 1 atom stereocenters. The molecular weight excluding hydrogens is 352 g/mol. The Morgan fingerprint density at radius 2 is 1.64 bits per heavy atom. The summed E-state index contributed by atoms with van der Waals surface area (Å²) < 4.78 is 0. The lowest BCUT2D eigenvalue weighted by Crippen LogP contribution is -2.42. The minimum Gasteiger partial charge on any atom is -0.341 e. The lowest BCUT2D eigenvalue weighted by molar-refractivity contribution is -0.124. The molecule has 1 unspecified atom stereocenters. The van der Waals surface area contributed by atoms with E-state index in [1.54, 1.807) is 13.8 Å². The summed E-state index contributed by atoms with van der Waals surface area (Å²) >= 11 is 0. The fraction of sp³-hybridized carbons (Fsp3) is 0.522. The molecule has 0 saturated heterocycles. The van der Waals surface area contributed by atoms with Gasteiger partial charge in [-0.25, -0.2) is 0 Å². The molecule has 0 fully saturated rings. The van der Waals surface area contributed by atoms with Crippen LogP contribution >= 0.6 is 0 Å². The molecule has 2 amide bonds. The summed E-state index contributed by atoms with van der Waals surface area (Å²) in [4.78, 5) is 36.2. The molecule has 5 nitrogen and oxygen atoms in total. The fourth-order valence-electron chi connectivity index (χ4n) is 2.92. The number of amides is 2. The van der Waals surface area contributed by atoms with Crippen LogP contribution in [0.4, 0.5) is 0 Å². The molecule has 0 radical (unpaired) electrons. The summed E-state index contributed by atoms with van der Waals surface area (Å²) in [6, 6.07) is 8.87. The van der Waals surface area contributed by atoms with Crippen LogP contribution in [-0.2, 0) is 20.8 Å². The maximum absolute atomic E-state index is 12.6. The molecule has 154 valence electrons. The van der Waals surface area contributed by atoms with Crippen molar-refractivity contribution in [1.82, 2.24) is 10.6 Å². The normalized spacial score (nSPS) is 11.4. The lowest BCUT2D eigenvalue weighted by atomic mass is 10.1. The van der Waals surface area contributed by atoms with Gasteiger partial charge in [-0.3, -0.25) is 9.59 Å². The standard InChI is InChI=1S/C23H34N2O3/c1-4-5-6-7-8-12-15-21(27)25-22(18(2)3)23(28)24-20(17-26)16-19-13-10-9-11-14-19/h9-11,13-14,17,20H,4-8,12,15-16H2,1-3H3,(H,24,28)(H,25,27). The van der Waals surface area contributed by atoms with Gasteiger partial charge in [-0.15, -0.1) is 0 Å². The molecule has 0 bridgehead atoms. The average Bonchev–Trinajstić information content (AvgIpc) is 2.68. The Morgan fingerprint density at radius 3 is 2.25 bits per heavy atom. The lowest BCUT2D eigenvalue weighted by Gasteiger charge is -2.16. The number of benzene rings is 1. The number of rotatable bonds is 13. The SMILES string of the molecule is CCCCCCCCC(=O)NC(C(=O)NC(C=O)Cc1ccccc1)=C(C)C.